The molecular formula is C16H19ClN2S. The number of rotatable bonds is 5. The van der Waals surface area contributed by atoms with E-state index >= 15 is 0 Å². The van der Waals surface area contributed by atoms with Crippen LogP contribution in [-0.2, 0) is 0 Å². The average Bonchev–Trinajstić information content (AvgIpc) is 2.45. The number of benzene rings is 2. The Bertz CT molecular complexity index is 569. The van der Waals surface area contributed by atoms with Crippen molar-refractivity contribution in [1.82, 2.24) is 5.43 Å². The first-order chi connectivity index (χ1) is 9.60. The number of halogens is 1. The average molecular weight is 307 g/mol. The zero-order chi connectivity index (χ0) is 14.5. The second-order valence-corrected chi connectivity index (χ2v) is 6.35. The van der Waals surface area contributed by atoms with Crippen LogP contribution in [0.25, 0.3) is 0 Å². The van der Waals surface area contributed by atoms with Crippen LogP contribution >= 0.6 is 23.4 Å². The van der Waals surface area contributed by atoms with Crippen molar-refractivity contribution in [3.8, 4) is 0 Å². The van der Waals surface area contributed by atoms with Gasteiger partial charge in [0.15, 0.2) is 0 Å². The van der Waals surface area contributed by atoms with Gasteiger partial charge < -0.3 is 0 Å². The molecular weight excluding hydrogens is 288 g/mol. The van der Waals surface area contributed by atoms with Crippen LogP contribution in [0.2, 0.25) is 5.02 Å². The number of thioether (sulfide) groups is 1. The lowest BCUT2D eigenvalue weighted by Crippen LogP contribution is -2.29. The monoisotopic (exact) mass is 306 g/mol. The number of nitrogens with one attached hydrogen (secondary N) is 1. The lowest BCUT2D eigenvalue weighted by Gasteiger charge is -2.17. The predicted molar refractivity (Wildman–Crippen MR) is 88.2 cm³/mol. The summed E-state index contributed by atoms with van der Waals surface area (Å²) in [5, 5.41) is 0.781. The van der Waals surface area contributed by atoms with Crippen LogP contribution in [0.1, 0.15) is 22.7 Å². The summed E-state index contributed by atoms with van der Waals surface area (Å²) in [6.45, 7) is 4.09. The molecule has 2 rings (SSSR count). The largest absolute Gasteiger partial charge is 0.271 e. The zero-order valence-electron chi connectivity index (χ0n) is 11.7. The van der Waals surface area contributed by atoms with Crippen LogP contribution in [0.3, 0.4) is 0 Å². The summed E-state index contributed by atoms with van der Waals surface area (Å²) in [7, 11) is 0. The van der Waals surface area contributed by atoms with Gasteiger partial charge in [-0.2, -0.15) is 0 Å². The van der Waals surface area contributed by atoms with E-state index in [9.17, 15) is 0 Å². The van der Waals surface area contributed by atoms with Gasteiger partial charge in [0.05, 0.1) is 6.04 Å². The van der Waals surface area contributed by atoms with E-state index in [1.165, 1.54) is 10.5 Å². The predicted octanol–water partition coefficient (Wildman–Crippen LogP) is 4.25. The lowest BCUT2D eigenvalue weighted by atomic mass is 10.1. The Hall–Kier alpha value is -1.00. The summed E-state index contributed by atoms with van der Waals surface area (Å²) < 4.78 is 0. The molecule has 0 bridgehead atoms. The number of nitrogens with two attached hydrogens (primary N) is 1. The number of hydrazine groups is 1. The molecule has 2 nitrogen and oxygen atoms in total. The fourth-order valence-electron chi connectivity index (χ4n) is 1.88. The van der Waals surface area contributed by atoms with Crippen molar-refractivity contribution in [2.24, 2.45) is 5.84 Å². The Labute approximate surface area is 129 Å². The molecule has 2 aromatic carbocycles. The third-order valence-electron chi connectivity index (χ3n) is 3.24. The number of aryl methyl sites for hydroxylation is 2. The van der Waals surface area contributed by atoms with Crippen molar-refractivity contribution in [3.63, 3.8) is 0 Å². The van der Waals surface area contributed by atoms with E-state index in [0.29, 0.717) is 0 Å². The molecule has 106 valence electrons. The highest BCUT2D eigenvalue weighted by atomic mass is 35.5. The van der Waals surface area contributed by atoms with Crippen molar-refractivity contribution < 1.29 is 0 Å². The second-order valence-electron chi connectivity index (χ2n) is 4.85. The van der Waals surface area contributed by atoms with Crippen LogP contribution in [0, 0.1) is 13.8 Å². The minimum atomic E-state index is 0.0828. The molecule has 0 aliphatic rings. The van der Waals surface area contributed by atoms with E-state index in [4.69, 9.17) is 17.4 Å². The van der Waals surface area contributed by atoms with Gasteiger partial charge in [0.2, 0.25) is 0 Å². The summed E-state index contributed by atoms with van der Waals surface area (Å²) in [6, 6.07) is 14.7. The Morgan fingerprint density at radius 2 is 1.85 bits per heavy atom. The van der Waals surface area contributed by atoms with Crippen molar-refractivity contribution in [1.29, 1.82) is 0 Å². The van der Waals surface area contributed by atoms with Crippen molar-refractivity contribution in [3.05, 3.63) is 64.2 Å². The molecule has 0 saturated carbocycles. The summed E-state index contributed by atoms with van der Waals surface area (Å²) in [4.78, 5) is 1.24. The topological polar surface area (TPSA) is 38.0 Å². The first-order valence-corrected chi connectivity index (χ1v) is 7.88. The van der Waals surface area contributed by atoms with Crippen LogP contribution in [0.4, 0.5) is 0 Å². The molecule has 0 saturated heterocycles. The quantitative estimate of drug-likeness (QED) is 0.492. The summed E-state index contributed by atoms with van der Waals surface area (Å²) in [5.41, 5.74) is 6.33. The van der Waals surface area contributed by atoms with Gasteiger partial charge in [-0.3, -0.25) is 11.3 Å². The fourth-order valence-corrected chi connectivity index (χ4v) is 3.05. The van der Waals surface area contributed by atoms with E-state index in [0.717, 1.165) is 21.9 Å². The van der Waals surface area contributed by atoms with Crippen LogP contribution < -0.4 is 11.3 Å². The van der Waals surface area contributed by atoms with Gasteiger partial charge in [-0.15, -0.1) is 11.8 Å². The first kappa shape index (κ1) is 15.4. The van der Waals surface area contributed by atoms with Gasteiger partial charge in [0.1, 0.15) is 0 Å². The molecule has 0 spiro atoms. The zero-order valence-corrected chi connectivity index (χ0v) is 13.3. The Balaban J connectivity index is 2.05. The third-order valence-corrected chi connectivity index (χ3v) is 4.75. The smallest absolute Gasteiger partial charge is 0.0554 e. The Kier molecular flexibility index (Phi) is 5.49. The number of hydrogen-bond acceptors (Lipinski definition) is 3. The Morgan fingerprint density at radius 1 is 1.15 bits per heavy atom. The molecule has 0 aliphatic heterocycles. The van der Waals surface area contributed by atoms with Gasteiger partial charge in [0.25, 0.3) is 0 Å². The number of hydrogen-bond donors (Lipinski definition) is 2. The molecule has 0 fully saturated rings. The van der Waals surface area contributed by atoms with E-state index in [-0.39, 0.29) is 6.04 Å². The maximum Gasteiger partial charge on any atom is 0.0554 e. The normalized spacial score (nSPS) is 12.4. The van der Waals surface area contributed by atoms with E-state index in [1.54, 1.807) is 11.8 Å². The van der Waals surface area contributed by atoms with Crippen molar-refractivity contribution in [2.75, 3.05) is 5.75 Å². The van der Waals surface area contributed by atoms with Crippen molar-refractivity contribution in [2.45, 2.75) is 24.8 Å². The highest BCUT2D eigenvalue weighted by Gasteiger charge is 2.11. The maximum absolute atomic E-state index is 6.17. The molecule has 0 aromatic heterocycles. The standard InChI is InChI=1S/C16H19ClN2S/c1-11-3-7-14(8-4-11)20-10-16(19-18)13-6-5-12(2)15(17)9-13/h3-9,16,19H,10,18H2,1-2H3. The maximum atomic E-state index is 6.17. The molecule has 3 N–H and O–H groups in total. The first-order valence-electron chi connectivity index (χ1n) is 6.52. The molecule has 1 atom stereocenters. The SMILES string of the molecule is Cc1ccc(SCC(NN)c2ccc(C)c(Cl)c2)cc1. The third kappa shape index (κ3) is 4.00. The lowest BCUT2D eigenvalue weighted by molar-refractivity contribution is 0.610. The highest BCUT2D eigenvalue weighted by molar-refractivity contribution is 7.99. The summed E-state index contributed by atoms with van der Waals surface area (Å²) >= 11 is 7.96. The molecule has 0 amide bonds. The molecule has 0 radical (unpaired) electrons. The summed E-state index contributed by atoms with van der Waals surface area (Å²) in [6.07, 6.45) is 0. The van der Waals surface area contributed by atoms with Gasteiger partial charge >= 0.3 is 0 Å². The second kappa shape index (κ2) is 7.14. The molecule has 1 unspecified atom stereocenters. The summed E-state index contributed by atoms with van der Waals surface area (Å²) in [5.74, 6) is 6.53. The highest BCUT2D eigenvalue weighted by Crippen LogP contribution is 2.27. The van der Waals surface area contributed by atoms with E-state index in [2.05, 4.69) is 42.7 Å². The van der Waals surface area contributed by atoms with Crippen LogP contribution in [-0.4, -0.2) is 5.75 Å². The minimum absolute atomic E-state index is 0.0828. The van der Waals surface area contributed by atoms with E-state index in [1.807, 2.05) is 19.1 Å². The van der Waals surface area contributed by atoms with Gasteiger partial charge in [-0.25, -0.2) is 0 Å². The van der Waals surface area contributed by atoms with Crippen molar-refractivity contribution >= 4 is 23.4 Å². The molecule has 20 heavy (non-hydrogen) atoms. The fraction of sp³-hybridized carbons (Fsp3) is 0.250. The molecule has 2 aromatic rings. The van der Waals surface area contributed by atoms with Gasteiger partial charge in [0, 0.05) is 15.7 Å². The Morgan fingerprint density at radius 3 is 2.45 bits per heavy atom. The van der Waals surface area contributed by atoms with E-state index < -0.39 is 0 Å². The molecule has 0 aliphatic carbocycles. The van der Waals surface area contributed by atoms with Crippen LogP contribution in [0.5, 0.6) is 0 Å². The van der Waals surface area contributed by atoms with Gasteiger partial charge in [-0.05, 0) is 43.2 Å². The van der Waals surface area contributed by atoms with Gasteiger partial charge in [-0.1, -0.05) is 41.4 Å². The minimum Gasteiger partial charge on any atom is -0.271 e. The van der Waals surface area contributed by atoms with Crippen LogP contribution in [0.15, 0.2) is 47.4 Å². The molecule has 0 heterocycles. The molecule has 4 heteroatoms.